The van der Waals surface area contributed by atoms with Gasteiger partial charge in [-0.15, -0.1) is 0 Å². The summed E-state index contributed by atoms with van der Waals surface area (Å²) < 4.78 is 10.6. The molecule has 4 nitrogen and oxygen atoms in total. The van der Waals surface area contributed by atoms with Crippen LogP contribution in [0.2, 0.25) is 0 Å². The van der Waals surface area contributed by atoms with E-state index in [0.717, 1.165) is 23.3 Å². The fourth-order valence-corrected chi connectivity index (χ4v) is 2.37. The fraction of sp³-hybridized carbons (Fsp3) is 0.294. The molecule has 0 saturated heterocycles. The second-order valence-electron chi connectivity index (χ2n) is 5.16. The van der Waals surface area contributed by atoms with Crippen LogP contribution >= 0.6 is 0 Å². The lowest BCUT2D eigenvalue weighted by molar-refractivity contribution is 0.414. The first-order valence-corrected chi connectivity index (χ1v) is 6.82. The molecular formula is C17H22N2O2. The van der Waals surface area contributed by atoms with Gasteiger partial charge in [0.05, 0.1) is 25.6 Å². The summed E-state index contributed by atoms with van der Waals surface area (Å²) in [7, 11) is 3.27. The number of hydrogen-bond donors (Lipinski definition) is 2. The van der Waals surface area contributed by atoms with Crippen molar-refractivity contribution < 1.29 is 9.47 Å². The molecule has 0 radical (unpaired) electrons. The molecule has 0 heterocycles. The molecule has 112 valence electrons. The highest BCUT2D eigenvalue weighted by Crippen LogP contribution is 2.34. The number of aryl methyl sites for hydroxylation is 1. The Balaban J connectivity index is 2.47. The van der Waals surface area contributed by atoms with Gasteiger partial charge in [0, 0.05) is 0 Å². The lowest BCUT2D eigenvalue weighted by atomic mass is 9.95. The number of benzene rings is 2. The summed E-state index contributed by atoms with van der Waals surface area (Å²) in [5.41, 5.74) is 17.6. The minimum atomic E-state index is 0.501. The zero-order valence-electron chi connectivity index (χ0n) is 13.0. The zero-order chi connectivity index (χ0) is 15.6. The van der Waals surface area contributed by atoms with E-state index in [1.54, 1.807) is 14.2 Å². The normalized spacial score (nSPS) is 10.5. The van der Waals surface area contributed by atoms with Gasteiger partial charge >= 0.3 is 0 Å². The van der Waals surface area contributed by atoms with Crippen molar-refractivity contribution in [2.75, 3.05) is 25.7 Å². The predicted octanol–water partition coefficient (Wildman–Crippen LogP) is 3.08. The molecule has 0 spiro atoms. The summed E-state index contributed by atoms with van der Waals surface area (Å²) in [5.74, 6) is 1.47. The minimum Gasteiger partial charge on any atom is -0.497 e. The number of hydrogen-bond acceptors (Lipinski definition) is 4. The molecule has 2 aromatic carbocycles. The Labute approximate surface area is 125 Å². The molecule has 0 saturated carbocycles. The van der Waals surface area contributed by atoms with E-state index >= 15 is 0 Å². The number of nitrogen functional groups attached to an aromatic ring is 2. The van der Waals surface area contributed by atoms with Gasteiger partial charge in [-0.1, -0.05) is 6.07 Å². The van der Waals surface area contributed by atoms with Gasteiger partial charge in [-0.05, 0) is 60.7 Å². The van der Waals surface area contributed by atoms with Crippen LogP contribution in [-0.4, -0.2) is 14.2 Å². The van der Waals surface area contributed by atoms with Crippen LogP contribution in [0.5, 0.6) is 11.5 Å². The van der Waals surface area contributed by atoms with Crippen LogP contribution in [-0.2, 0) is 6.42 Å². The third-order valence-electron chi connectivity index (χ3n) is 3.90. The third-order valence-corrected chi connectivity index (χ3v) is 3.90. The van der Waals surface area contributed by atoms with Gasteiger partial charge in [-0.2, -0.15) is 0 Å². The first-order valence-electron chi connectivity index (χ1n) is 6.82. The maximum absolute atomic E-state index is 6.08. The van der Waals surface area contributed by atoms with Crippen molar-refractivity contribution in [3.8, 4) is 11.5 Å². The highest BCUT2D eigenvalue weighted by Gasteiger charge is 2.13. The molecule has 0 amide bonds. The van der Waals surface area contributed by atoms with Crippen molar-refractivity contribution in [3.63, 3.8) is 0 Å². The van der Waals surface area contributed by atoms with Gasteiger partial charge in [0.2, 0.25) is 0 Å². The molecule has 0 unspecified atom stereocenters. The van der Waals surface area contributed by atoms with E-state index in [2.05, 4.69) is 13.0 Å². The van der Waals surface area contributed by atoms with E-state index in [4.69, 9.17) is 20.9 Å². The van der Waals surface area contributed by atoms with Gasteiger partial charge in [0.1, 0.15) is 11.5 Å². The maximum Gasteiger partial charge on any atom is 0.144 e. The number of anilines is 2. The maximum atomic E-state index is 6.08. The largest absolute Gasteiger partial charge is 0.497 e. The molecule has 2 rings (SSSR count). The Morgan fingerprint density at radius 3 is 2.24 bits per heavy atom. The highest BCUT2D eigenvalue weighted by molar-refractivity contribution is 5.76. The Kier molecular flexibility index (Phi) is 4.26. The van der Waals surface area contributed by atoms with Gasteiger partial charge in [0.15, 0.2) is 0 Å². The van der Waals surface area contributed by atoms with Crippen LogP contribution in [0.15, 0.2) is 24.3 Å². The number of nitrogens with two attached hydrogens (primary N) is 2. The summed E-state index contributed by atoms with van der Waals surface area (Å²) in [6.45, 7) is 4.07. The fourth-order valence-electron chi connectivity index (χ4n) is 2.37. The van der Waals surface area contributed by atoms with Gasteiger partial charge in [-0.3, -0.25) is 0 Å². The van der Waals surface area contributed by atoms with Crippen LogP contribution in [0.4, 0.5) is 11.4 Å². The Morgan fingerprint density at radius 1 is 0.905 bits per heavy atom. The summed E-state index contributed by atoms with van der Waals surface area (Å²) >= 11 is 0. The second-order valence-corrected chi connectivity index (χ2v) is 5.16. The van der Waals surface area contributed by atoms with Crippen LogP contribution in [0.1, 0.15) is 22.3 Å². The van der Waals surface area contributed by atoms with Crippen LogP contribution in [0.3, 0.4) is 0 Å². The van der Waals surface area contributed by atoms with Crippen LogP contribution in [0.25, 0.3) is 0 Å². The van der Waals surface area contributed by atoms with Crippen molar-refractivity contribution >= 4 is 11.4 Å². The first-order chi connectivity index (χ1) is 9.97. The second kappa shape index (κ2) is 5.95. The van der Waals surface area contributed by atoms with E-state index < -0.39 is 0 Å². The molecule has 0 fully saturated rings. The Bertz CT molecular complexity index is 666. The van der Waals surface area contributed by atoms with Gasteiger partial charge in [0.25, 0.3) is 0 Å². The van der Waals surface area contributed by atoms with Crippen LogP contribution < -0.4 is 20.9 Å². The van der Waals surface area contributed by atoms with E-state index in [-0.39, 0.29) is 0 Å². The number of methoxy groups -OCH3 is 2. The molecule has 0 atom stereocenters. The lowest BCUT2D eigenvalue weighted by Crippen LogP contribution is -2.05. The van der Waals surface area contributed by atoms with Crippen molar-refractivity contribution in [3.05, 3.63) is 46.5 Å². The van der Waals surface area contributed by atoms with E-state index in [9.17, 15) is 0 Å². The molecule has 0 aromatic heterocycles. The molecule has 0 aliphatic carbocycles. The quantitative estimate of drug-likeness (QED) is 0.847. The average Bonchev–Trinajstić information content (AvgIpc) is 2.49. The molecule has 4 N–H and O–H groups in total. The topological polar surface area (TPSA) is 70.5 Å². The van der Waals surface area contributed by atoms with Crippen molar-refractivity contribution in [2.24, 2.45) is 0 Å². The molecule has 21 heavy (non-hydrogen) atoms. The summed E-state index contributed by atoms with van der Waals surface area (Å²) in [6.07, 6.45) is 0.760. The van der Waals surface area contributed by atoms with Crippen molar-refractivity contribution in [1.29, 1.82) is 0 Å². The van der Waals surface area contributed by atoms with Crippen LogP contribution in [0, 0.1) is 13.8 Å². The monoisotopic (exact) mass is 286 g/mol. The van der Waals surface area contributed by atoms with E-state index in [1.807, 2.05) is 25.1 Å². The molecule has 0 aliphatic rings. The summed E-state index contributed by atoms with van der Waals surface area (Å²) in [6, 6.07) is 8.03. The minimum absolute atomic E-state index is 0.501. The standard InChI is InChI=1S/C17H22N2O2/c1-10-5-6-14(20-3)8-12(10)7-13-9-15(21-4)17(19)16(18)11(13)2/h5-6,8-9H,7,18-19H2,1-4H3. The van der Waals surface area contributed by atoms with E-state index in [0.29, 0.717) is 17.1 Å². The Hall–Kier alpha value is -2.36. The smallest absolute Gasteiger partial charge is 0.144 e. The molecule has 2 aromatic rings. The summed E-state index contributed by atoms with van der Waals surface area (Å²) in [5, 5.41) is 0. The van der Waals surface area contributed by atoms with Gasteiger partial charge in [-0.25, -0.2) is 0 Å². The Morgan fingerprint density at radius 2 is 1.62 bits per heavy atom. The summed E-state index contributed by atoms with van der Waals surface area (Å²) in [4.78, 5) is 0. The number of rotatable bonds is 4. The van der Waals surface area contributed by atoms with Gasteiger partial charge < -0.3 is 20.9 Å². The third kappa shape index (κ3) is 2.89. The highest BCUT2D eigenvalue weighted by atomic mass is 16.5. The number of ether oxygens (including phenoxy) is 2. The SMILES string of the molecule is COc1ccc(C)c(Cc2cc(OC)c(N)c(N)c2C)c1. The van der Waals surface area contributed by atoms with E-state index in [1.165, 1.54) is 11.1 Å². The average molecular weight is 286 g/mol. The van der Waals surface area contributed by atoms with Crippen molar-refractivity contribution in [1.82, 2.24) is 0 Å². The molecular weight excluding hydrogens is 264 g/mol. The molecule has 4 heteroatoms. The first kappa shape index (κ1) is 15.0. The molecule has 0 bridgehead atoms. The molecule has 0 aliphatic heterocycles. The zero-order valence-corrected chi connectivity index (χ0v) is 13.0. The predicted molar refractivity (Wildman–Crippen MR) is 87.1 cm³/mol. The lowest BCUT2D eigenvalue weighted by Gasteiger charge is -2.16. The van der Waals surface area contributed by atoms with Crippen molar-refractivity contribution in [2.45, 2.75) is 20.3 Å².